The minimum Gasteiger partial charge on any atom is -0.494 e. The van der Waals surface area contributed by atoms with E-state index >= 15 is 0 Å². The van der Waals surface area contributed by atoms with Crippen molar-refractivity contribution in [2.45, 2.75) is 6.92 Å². The third kappa shape index (κ3) is 5.25. The molecule has 0 radical (unpaired) electrons. The molecule has 0 atom stereocenters. The topological polar surface area (TPSA) is 88.8 Å². The molecule has 2 aromatic carbocycles. The van der Waals surface area contributed by atoms with E-state index in [0.29, 0.717) is 29.5 Å². The number of carbonyl (C=O) groups excluding carboxylic acids is 1. The number of likely N-dealkylation sites (N-methyl/N-ethyl adjacent to an activating group) is 1. The van der Waals surface area contributed by atoms with Crippen LogP contribution in [-0.4, -0.2) is 55.0 Å². The Morgan fingerprint density at radius 2 is 1.90 bits per heavy atom. The smallest absolute Gasteiger partial charge is 0.269 e. The average molecular weight is 441 g/mol. The molecule has 3 rings (SSSR count). The van der Waals surface area contributed by atoms with Crippen LogP contribution >= 0.6 is 11.3 Å². The lowest BCUT2D eigenvalue weighted by Crippen LogP contribution is -2.35. The summed E-state index contributed by atoms with van der Waals surface area (Å²) in [6, 6.07) is 9.90. The highest BCUT2D eigenvalue weighted by atomic mass is 32.1. The number of amides is 1. The van der Waals surface area contributed by atoms with Crippen LogP contribution in [0.3, 0.4) is 0 Å². The van der Waals surface area contributed by atoms with Crippen LogP contribution in [0.1, 0.15) is 11.1 Å². The van der Waals surface area contributed by atoms with Crippen LogP contribution in [-0.2, 0) is 4.79 Å². The summed E-state index contributed by atoms with van der Waals surface area (Å²) in [4.78, 5) is 31.8. The maximum atomic E-state index is 13.1. The van der Waals surface area contributed by atoms with Crippen molar-refractivity contribution in [1.29, 1.82) is 0 Å². The summed E-state index contributed by atoms with van der Waals surface area (Å²) >= 11 is 1.45. The lowest BCUT2D eigenvalue weighted by molar-refractivity contribution is -0.384. The van der Waals surface area contributed by atoms with Crippen molar-refractivity contribution >= 4 is 44.4 Å². The van der Waals surface area contributed by atoms with Gasteiger partial charge in [0.05, 0.1) is 16.7 Å². The molecule has 0 fully saturated rings. The first-order valence-corrected chi connectivity index (χ1v) is 10.4. The van der Waals surface area contributed by atoms with Gasteiger partial charge in [0.1, 0.15) is 11.3 Å². The van der Waals surface area contributed by atoms with Gasteiger partial charge in [0.15, 0.2) is 5.13 Å². The number of nitro benzene ring substituents is 1. The van der Waals surface area contributed by atoms with Gasteiger partial charge in [-0.25, -0.2) is 4.98 Å². The van der Waals surface area contributed by atoms with Crippen molar-refractivity contribution in [3.63, 3.8) is 0 Å². The lowest BCUT2D eigenvalue weighted by atomic mass is 10.2. The summed E-state index contributed by atoms with van der Waals surface area (Å²) in [5.74, 6) is 0.459. The normalized spacial score (nSPS) is 11.4. The molecule has 9 heteroatoms. The van der Waals surface area contributed by atoms with Crippen LogP contribution < -0.4 is 9.64 Å². The van der Waals surface area contributed by atoms with Crippen LogP contribution in [0.2, 0.25) is 0 Å². The molecule has 0 N–H and O–H groups in total. The molecule has 0 bridgehead atoms. The lowest BCUT2D eigenvalue weighted by Gasteiger charge is -2.20. The minimum absolute atomic E-state index is 0.00915. The molecule has 1 aromatic heterocycles. The van der Waals surface area contributed by atoms with Crippen LogP contribution in [0.4, 0.5) is 10.8 Å². The second-order valence-corrected chi connectivity index (χ2v) is 8.21. The van der Waals surface area contributed by atoms with Gasteiger partial charge in [0.2, 0.25) is 0 Å². The van der Waals surface area contributed by atoms with E-state index in [1.807, 2.05) is 38.1 Å². The van der Waals surface area contributed by atoms with Gasteiger partial charge in [-0.15, -0.1) is 0 Å². The summed E-state index contributed by atoms with van der Waals surface area (Å²) in [6.07, 6.45) is 3.11. The predicted molar refractivity (Wildman–Crippen MR) is 124 cm³/mol. The van der Waals surface area contributed by atoms with E-state index in [-0.39, 0.29) is 11.6 Å². The van der Waals surface area contributed by atoms with Gasteiger partial charge in [-0.1, -0.05) is 17.4 Å². The van der Waals surface area contributed by atoms with E-state index in [1.54, 1.807) is 30.2 Å². The third-order valence-corrected chi connectivity index (χ3v) is 5.92. The number of aromatic nitrogens is 1. The second kappa shape index (κ2) is 9.67. The van der Waals surface area contributed by atoms with Gasteiger partial charge >= 0.3 is 0 Å². The number of aryl methyl sites for hydroxylation is 1. The van der Waals surface area contributed by atoms with E-state index in [2.05, 4.69) is 0 Å². The zero-order chi connectivity index (χ0) is 22.5. The van der Waals surface area contributed by atoms with E-state index in [4.69, 9.17) is 9.72 Å². The summed E-state index contributed by atoms with van der Waals surface area (Å²) in [5.41, 5.74) is 2.52. The van der Waals surface area contributed by atoms with E-state index in [1.165, 1.54) is 29.5 Å². The van der Waals surface area contributed by atoms with Crippen molar-refractivity contribution in [2.24, 2.45) is 0 Å². The Balaban J connectivity index is 1.91. The molecule has 0 saturated carbocycles. The first-order chi connectivity index (χ1) is 14.8. The number of hydrogen-bond acceptors (Lipinski definition) is 7. The molecule has 162 valence electrons. The van der Waals surface area contributed by atoms with Gasteiger partial charge in [-0.05, 0) is 56.4 Å². The highest BCUT2D eigenvalue weighted by Crippen LogP contribution is 2.36. The van der Waals surface area contributed by atoms with Crippen molar-refractivity contribution in [1.82, 2.24) is 9.88 Å². The maximum Gasteiger partial charge on any atom is 0.269 e. The number of hydrogen-bond donors (Lipinski definition) is 0. The summed E-state index contributed by atoms with van der Waals surface area (Å²) < 4.78 is 6.42. The average Bonchev–Trinajstić information content (AvgIpc) is 3.18. The standard InChI is InChI=1S/C22H24N4O4S/c1-15-5-11-18(30-4)20-21(15)31-22(23-20)25(14-13-24(2)3)19(27)12-8-16-6-9-17(10-7-16)26(28)29/h5-12H,13-14H2,1-4H3. The van der Waals surface area contributed by atoms with E-state index < -0.39 is 4.92 Å². The molecule has 3 aromatic rings. The van der Waals surface area contributed by atoms with Gasteiger partial charge in [0.25, 0.3) is 11.6 Å². The Kier molecular flexibility index (Phi) is 6.98. The fourth-order valence-corrected chi connectivity index (χ4v) is 4.03. The first-order valence-electron chi connectivity index (χ1n) is 9.63. The Labute approximate surface area is 184 Å². The second-order valence-electron chi connectivity index (χ2n) is 7.23. The Morgan fingerprint density at radius 3 is 2.52 bits per heavy atom. The fourth-order valence-electron chi connectivity index (χ4n) is 2.94. The Morgan fingerprint density at radius 1 is 1.19 bits per heavy atom. The number of nitrogens with zero attached hydrogens (tertiary/aromatic N) is 4. The molecule has 0 aliphatic rings. The Hall–Kier alpha value is -3.30. The van der Waals surface area contributed by atoms with Crippen LogP contribution in [0.15, 0.2) is 42.5 Å². The molecule has 0 aliphatic carbocycles. The van der Waals surface area contributed by atoms with Crippen molar-refractivity contribution in [3.8, 4) is 5.75 Å². The molecular formula is C22H24N4O4S. The zero-order valence-corrected chi connectivity index (χ0v) is 18.7. The number of anilines is 1. The summed E-state index contributed by atoms with van der Waals surface area (Å²) in [6.45, 7) is 3.14. The van der Waals surface area contributed by atoms with Gasteiger partial charge < -0.3 is 9.64 Å². The zero-order valence-electron chi connectivity index (χ0n) is 17.9. The quantitative estimate of drug-likeness (QED) is 0.297. The molecule has 31 heavy (non-hydrogen) atoms. The number of benzene rings is 2. The van der Waals surface area contributed by atoms with Gasteiger partial charge in [-0.3, -0.25) is 19.8 Å². The molecule has 0 spiro atoms. The number of thiazole rings is 1. The highest BCUT2D eigenvalue weighted by molar-refractivity contribution is 7.22. The van der Waals surface area contributed by atoms with Crippen molar-refractivity contribution < 1.29 is 14.5 Å². The van der Waals surface area contributed by atoms with Crippen LogP contribution in [0.25, 0.3) is 16.3 Å². The molecule has 0 aliphatic heterocycles. The monoisotopic (exact) mass is 440 g/mol. The molecular weight excluding hydrogens is 416 g/mol. The SMILES string of the molecule is COc1ccc(C)c2sc(N(CCN(C)C)C(=O)C=Cc3ccc([N+](=O)[O-])cc3)nc12. The molecule has 0 unspecified atom stereocenters. The highest BCUT2D eigenvalue weighted by Gasteiger charge is 2.20. The van der Waals surface area contributed by atoms with Gasteiger partial charge in [-0.2, -0.15) is 0 Å². The molecule has 8 nitrogen and oxygen atoms in total. The minimum atomic E-state index is -0.453. The number of fused-ring (bicyclic) bond motifs is 1. The number of rotatable bonds is 8. The molecule has 1 amide bonds. The van der Waals surface area contributed by atoms with Gasteiger partial charge in [0, 0.05) is 31.3 Å². The number of non-ortho nitro benzene ring substituents is 1. The summed E-state index contributed by atoms with van der Waals surface area (Å²) in [5, 5.41) is 11.4. The molecule has 0 saturated heterocycles. The van der Waals surface area contributed by atoms with Crippen molar-refractivity contribution in [2.75, 3.05) is 39.2 Å². The van der Waals surface area contributed by atoms with Crippen molar-refractivity contribution in [3.05, 3.63) is 63.7 Å². The van der Waals surface area contributed by atoms with Crippen LogP contribution in [0.5, 0.6) is 5.75 Å². The fraction of sp³-hybridized carbons (Fsp3) is 0.273. The number of ether oxygens (including phenoxy) is 1. The Bertz CT molecular complexity index is 1120. The maximum absolute atomic E-state index is 13.1. The number of carbonyl (C=O) groups is 1. The molecule has 1 heterocycles. The number of nitro groups is 1. The van der Waals surface area contributed by atoms with E-state index in [0.717, 1.165) is 15.8 Å². The van der Waals surface area contributed by atoms with E-state index in [9.17, 15) is 14.9 Å². The first kappa shape index (κ1) is 22.4. The number of methoxy groups -OCH3 is 1. The van der Waals surface area contributed by atoms with Crippen LogP contribution in [0, 0.1) is 17.0 Å². The largest absolute Gasteiger partial charge is 0.494 e. The predicted octanol–water partition coefficient (Wildman–Crippen LogP) is 4.13. The third-order valence-electron chi connectivity index (χ3n) is 4.70. The summed E-state index contributed by atoms with van der Waals surface area (Å²) in [7, 11) is 5.49.